The molecule has 0 bridgehead atoms. The Labute approximate surface area is 124 Å². The van der Waals surface area contributed by atoms with Gasteiger partial charge in [-0.05, 0) is 11.0 Å². The van der Waals surface area contributed by atoms with Gasteiger partial charge in [0.05, 0.1) is 17.6 Å². The normalized spacial score (nSPS) is 12.0. The number of hydrogen-bond donors (Lipinski definition) is 1. The Bertz CT molecular complexity index is 764. The number of hydrogen-bond acceptors (Lipinski definition) is 3. The van der Waals surface area contributed by atoms with E-state index < -0.39 is 0 Å². The zero-order valence-corrected chi connectivity index (χ0v) is 12.7. The van der Waals surface area contributed by atoms with Gasteiger partial charge >= 0.3 is 0 Å². The van der Waals surface area contributed by atoms with Gasteiger partial charge in [-0.25, -0.2) is 4.98 Å². The number of nitrogens with two attached hydrogens (primary N) is 1. The average Bonchev–Trinajstić information content (AvgIpc) is 2.90. The van der Waals surface area contributed by atoms with Gasteiger partial charge < -0.3 is 5.73 Å². The zero-order chi connectivity index (χ0) is 15.0. The Kier molecular flexibility index (Phi) is 3.26. The van der Waals surface area contributed by atoms with Crippen LogP contribution in [-0.4, -0.2) is 14.4 Å². The van der Waals surface area contributed by atoms with Gasteiger partial charge in [0.15, 0.2) is 5.65 Å². The van der Waals surface area contributed by atoms with Gasteiger partial charge in [0, 0.05) is 24.5 Å². The minimum Gasteiger partial charge on any atom is -0.325 e. The third-order valence-corrected chi connectivity index (χ3v) is 3.74. The number of imidazole rings is 1. The van der Waals surface area contributed by atoms with Crippen LogP contribution >= 0.6 is 0 Å². The van der Waals surface area contributed by atoms with Gasteiger partial charge in [0.2, 0.25) is 0 Å². The van der Waals surface area contributed by atoms with Crippen molar-refractivity contribution in [3.05, 3.63) is 54.1 Å². The van der Waals surface area contributed by atoms with Crippen LogP contribution in [0.1, 0.15) is 32.0 Å². The molecule has 0 aliphatic rings. The van der Waals surface area contributed by atoms with E-state index in [1.54, 1.807) is 6.20 Å². The van der Waals surface area contributed by atoms with Gasteiger partial charge in [0.1, 0.15) is 0 Å². The predicted molar refractivity (Wildman–Crippen MR) is 85.0 cm³/mol. The molecule has 0 radical (unpaired) electrons. The van der Waals surface area contributed by atoms with Crippen molar-refractivity contribution in [2.45, 2.75) is 32.7 Å². The molecule has 0 saturated carbocycles. The fraction of sp³-hybridized carbons (Fsp3) is 0.294. The van der Waals surface area contributed by atoms with Crippen molar-refractivity contribution < 1.29 is 0 Å². The molecule has 21 heavy (non-hydrogen) atoms. The molecule has 3 aromatic rings. The van der Waals surface area contributed by atoms with Crippen LogP contribution in [0.5, 0.6) is 0 Å². The van der Waals surface area contributed by atoms with E-state index in [0.717, 1.165) is 22.6 Å². The minimum absolute atomic E-state index is 0.161. The van der Waals surface area contributed by atoms with Gasteiger partial charge in [-0.2, -0.15) is 0 Å². The lowest BCUT2D eigenvalue weighted by Gasteiger charge is -2.19. The molecule has 108 valence electrons. The Balaban J connectivity index is 2.09. The number of benzene rings is 1. The highest BCUT2D eigenvalue weighted by Gasteiger charge is 2.14. The largest absolute Gasteiger partial charge is 0.325 e. The second-order valence-electron chi connectivity index (χ2n) is 6.24. The predicted octanol–water partition coefficient (Wildman–Crippen LogP) is 3.15. The van der Waals surface area contributed by atoms with E-state index in [1.807, 2.05) is 16.8 Å². The Morgan fingerprint density at radius 3 is 2.43 bits per heavy atom. The summed E-state index contributed by atoms with van der Waals surface area (Å²) in [5.41, 5.74) is 11.0. The molecule has 2 N–H and O–H groups in total. The molecule has 0 atom stereocenters. The van der Waals surface area contributed by atoms with E-state index in [0.29, 0.717) is 6.54 Å². The van der Waals surface area contributed by atoms with Crippen molar-refractivity contribution in [3.8, 4) is 11.3 Å². The smallest absolute Gasteiger partial charge is 0.160 e. The highest BCUT2D eigenvalue weighted by atomic mass is 15.0. The molecule has 0 aliphatic carbocycles. The molecular formula is C17H20N4. The van der Waals surface area contributed by atoms with E-state index in [2.05, 4.69) is 55.0 Å². The van der Waals surface area contributed by atoms with E-state index in [-0.39, 0.29) is 5.41 Å². The van der Waals surface area contributed by atoms with Crippen LogP contribution in [0.2, 0.25) is 0 Å². The van der Waals surface area contributed by atoms with Crippen LogP contribution in [0.3, 0.4) is 0 Å². The molecular weight excluding hydrogens is 260 g/mol. The van der Waals surface area contributed by atoms with Crippen LogP contribution in [0.25, 0.3) is 16.9 Å². The highest BCUT2D eigenvalue weighted by molar-refractivity contribution is 5.65. The second kappa shape index (κ2) is 4.97. The lowest BCUT2D eigenvalue weighted by molar-refractivity contribution is 0.590. The molecule has 0 fully saturated rings. The SMILES string of the molecule is CC(C)(C)c1ccc(-c2cnc3c(CN)nccn23)cc1. The first kappa shape index (κ1) is 13.8. The van der Waals surface area contributed by atoms with Gasteiger partial charge in [-0.15, -0.1) is 0 Å². The number of rotatable bonds is 2. The van der Waals surface area contributed by atoms with E-state index in [9.17, 15) is 0 Å². The van der Waals surface area contributed by atoms with E-state index in [4.69, 9.17) is 5.73 Å². The van der Waals surface area contributed by atoms with Crippen molar-refractivity contribution in [1.82, 2.24) is 14.4 Å². The molecule has 0 aliphatic heterocycles. The average molecular weight is 280 g/mol. The molecule has 3 rings (SSSR count). The summed E-state index contributed by atoms with van der Waals surface area (Å²) in [4.78, 5) is 8.73. The van der Waals surface area contributed by atoms with Gasteiger partial charge in [-0.3, -0.25) is 9.38 Å². The Morgan fingerprint density at radius 1 is 1.10 bits per heavy atom. The summed E-state index contributed by atoms with van der Waals surface area (Å²) < 4.78 is 2.04. The minimum atomic E-state index is 0.161. The summed E-state index contributed by atoms with van der Waals surface area (Å²) in [5.74, 6) is 0. The summed E-state index contributed by atoms with van der Waals surface area (Å²) in [5, 5.41) is 0. The molecule has 0 amide bonds. The van der Waals surface area contributed by atoms with Crippen molar-refractivity contribution in [2.75, 3.05) is 0 Å². The van der Waals surface area contributed by atoms with E-state index in [1.165, 1.54) is 5.56 Å². The second-order valence-corrected chi connectivity index (χ2v) is 6.24. The van der Waals surface area contributed by atoms with Gasteiger partial charge in [0.25, 0.3) is 0 Å². The molecule has 4 heteroatoms. The first-order valence-electron chi connectivity index (χ1n) is 7.12. The Hall–Kier alpha value is -2.20. The maximum Gasteiger partial charge on any atom is 0.160 e. The fourth-order valence-electron chi connectivity index (χ4n) is 2.47. The quantitative estimate of drug-likeness (QED) is 0.784. The number of fused-ring (bicyclic) bond motifs is 1. The molecule has 0 unspecified atom stereocenters. The molecule has 2 aromatic heterocycles. The van der Waals surface area contributed by atoms with Crippen molar-refractivity contribution in [2.24, 2.45) is 5.73 Å². The lowest BCUT2D eigenvalue weighted by atomic mass is 9.86. The van der Waals surface area contributed by atoms with Crippen LogP contribution in [0, 0.1) is 0 Å². The molecule has 0 spiro atoms. The van der Waals surface area contributed by atoms with Crippen LogP contribution in [0.4, 0.5) is 0 Å². The van der Waals surface area contributed by atoms with Crippen LogP contribution < -0.4 is 5.73 Å². The number of aromatic nitrogens is 3. The third kappa shape index (κ3) is 2.43. The summed E-state index contributed by atoms with van der Waals surface area (Å²) in [7, 11) is 0. The topological polar surface area (TPSA) is 56.2 Å². The van der Waals surface area contributed by atoms with Crippen molar-refractivity contribution in [3.63, 3.8) is 0 Å². The molecule has 4 nitrogen and oxygen atoms in total. The summed E-state index contributed by atoms with van der Waals surface area (Å²) in [6, 6.07) is 8.65. The summed E-state index contributed by atoms with van der Waals surface area (Å²) in [6.45, 7) is 7.05. The summed E-state index contributed by atoms with van der Waals surface area (Å²) >= 11 is 0. The lowest BCUT2D eigenvalue weighted by Crippen LogP contribution is -2.10. The van der Waals surface area contributed by atoms with Crippen molar-refractivity contribution in [1.29, 1.82) is 0 Å². The zero-order valence-electron chi connectivity index (χ0n) is 12.7. The monoisotopic (exact) mass is 280 g/mol. The maximum atomic E-state index is 5.72. The number of nitrogens with zero attached hydrogens (tertiary/aromatic N) is 3. The maximum absolute atomic E-state index is 5.72. The van der Waals surface area contributed by atoms with Crippen LogP contribution in [-0.2, 0) is 12.0 Å². The molecule has 2 heterocycles. The standard InChI is InChI=1S/C17H20N4/c1-17(2,3)13-6-4-12(5-7-13)15-11-20-16-14(10-18)19-8-9-21(15)16/h4-9,11H,10,18H2,1-3H3. The van der Waals surface area contributed by atoms with Crippen LogP contribution in [0.15, 0.2) is 42.9 Å². The fourth-order valence-corrected chi connectivity index (χ4v) is 2.47. The Morgan fingerprint density at radius 2 is 1.81 bits per heavy atom. The first-order valence-corrected chi connectivity index (χ1v) is 7.12. The first-order chi connectivity index (χ1) is 10.0. The highest BCUT2D eigenvalue weighted by Crippen LogP contribution is 2.26. The molecule has 0 saturated heterocycles. The summed E-state index contributed by atoms with van der Waals surface area (Å²) in [6.07, 6.45) is 5.57. The van der Waals surface area contributed by atoms with Crippen molar-refractivity contribution >= 4 is 5.65 Å². The molecule has 1 aromatic carbocycles. The third-order valence-electron chi connectivity index (χ3n) is 3.74. The van der Waals surface area contributed by atoms with E-state index >= 15 is 0 Å². The van der Waals surface area contributed by atoms with Gasteiger partial charge in [-0.1, -0.05) is 45.0 Å².